The molecular weight excluding hydrogens is 251 g/mol. The number of carbonyl (C=O) groups excluding carboxylic acids is 1. The number of rotatable bonds is 2. The molecule has 0 radical (unpaired) electrons. The van der Waals surface area contributed by atoms with Crippen LogP contribution in [0.1, 0.15) is 10.5 Å². The molecule has 0 spiro atoms. The summed E-state index contributed by atoms with van der Waals surface area (Å²) in [6.07, 6.45) is 0. The molecule has 0 aliphatic carbocycles. The van der Waals surface area contributed by atoms with Crippen LogP contribution < -0.4 is 5.32 Å². The topological polar surface area (TPSA) is 44.9 Å². The van der Waals surface area contributed by atoms with Crippen LogP contribution in [0.2, 0.25) is 0 Å². The van der Waals surface area contributed by atoms with Crippen LogP contribution in [0, 0.1) is 5.82 Å². The molecule has 0 bridgehead atoms. The van der Waals surface area contributed by atoms with Crippen LogP contribution >= 0.6 is 11.3 Å². The first-order valence-corrected chi connectivity index (χ1v) is 6.23. The quantitative estimate of drug-likeness (QED) is 0.726. The van der Waals surface area contributed by atoms with E-state index in [-0.39, 0.29) is 11.7 Å². The maximum absolute atomic E-state index is 13.0. The van der Waals surface area contributed by atoms with Gasteiger partial charge < -0.3 is 10.3 Å². The SMILES string of the molecule is O=C(Nc1cccc(F)c1)c1cc2sccc2[nH]1. The highest BCUT2D eigenvalue weighted by atomic mass is 32.1. The molecule has 1 aromatic carbocycles. The van der Waals surface area contributed by atoms with Crippen LogP contribution in [-0.4, -0.2) is 10.9 Å². The molecule has 2 heterocycles. The first-order chi connectivity index (χ1) is 8.72. The number of hydrogen-bond donors (Lipinski definition) is 2. The molecule has 0 unspecified atom stereocenters. The predicted molar refractivity (Wildman–Crippen MR) is 70.5 cm³/mol. The molecule has 90 valence electrons. The first-order valence-electron chi connectivity index (χ1n) is 5.35. The Morgan fingerprint density at radius 1 is 1.28 bits per heavy atom. The molecule has 0 aliphatic rings. The van der Waals surface area contributed by atoms with Gasteiger partial charge in [0.1, 0.15) is 11.5 Å². The van der Waals surface area contributed by atoms with Crippen LogP contribution in [0.25, 0.3) is 10.2 Å². The van der Waals surface area contributed by atoms with Gasteiger partial charge in [-0.2, -0.15) is 0 Å². The maximum atomic E-state index is 13.0. The molecule has 0 atom stereocenters. The number of nitrogens with one attached hydrogen (secondary N) is 2. The molecular formula is C13H9FN2OS. The van der Waals surface area contributed by atoms with Crippen molar-refractivity contribution in [2.45, 2.75) is 0 Å². The lowest BCUT2D eigenvalue weighted by atomic mass is 10.3. The van der Waals surface area contributed by atoms with Crippen molar-refractivity contribution in [3.8, 4) is 0 Å². The molecule has 0 fully saturated rings. The Labute approximate surface area is 106 Å². The van der Waals surface area contributed by atoms with Crippen molar-refractivity contribution < 1.29 is 9.18 Å². The number of aromatic amines is 1. The predicted octanol–water partition coefficient (Wildman–Crippen LogP) is 3.62. The second kappa shape index (κ2) is 4.27. The molecule has 2 N–H and O–H groups in total. The van der Waals surface area contributed by atoms with Crippen molar-refractivity contribution in [1.29, 1.82) is 0 Å². The average molecular weight is 260 g/mol. The van der Waals surface area contributed by atoms with Gasteiger partial charge in [0.2, 0.25) is 0 Å². The van der Waals surface area contributed by atoms with Crippen molar-refractivity contribution in [1.82, 2.24) is 4.98 Å². The van der Waals surface area contributed by atoms with E-state index >= 15 is 0 Å². The van der Waals surface area contributed by atoms with Gasteiger partial charge in [-0.25, -0.2) is 4.39 Å². The van der Waals surface area contributed by atoms with E-state index in [2.05, 4.69) is 10.3 Å². The summed E-state index contributed by atoms with van der Waals surface area (Å²) in [5, 5.41) is 4.60. The molecule has 0 saturated heterocycles. The lowest BCUT2D eigenvalue weighted by Crippen LogP contribution is -2.12. The smallest absolute Gasteiger partial charge is 0.272 e. The van der Waals surface area contributed by atoms with Crippen LogP contribution in [0.3, 0.4) is 0 Å². The summed E-state index contributed by atoms with van der Waals surface area (Å²) in [6.45, 7) is 0. The van der Waals surface area contributed by atoms with Gasteiger partial charge in [-0.05, 0) is 35.7 Å². The highest BCUT2D eigenvalue weighted by Crippen LogP contribution is 2.21. The molecule has 3 rings (SSSR count). The molecule has 1 amide bonds. The first kappa shape index (κ1) is 11.0. The van der Waals surface area contributed by atoms with Crippen molar-refractivity contribution in [3.63, 3.8) is 0 Å². The maximum Gasteiger partial charge on any atom is 0.272 e. The average Bonchev–Trinajstić information content (AvgIpc) is 2.88. The number of halogens is 1. The summed E-state index contributed by atoms with van der Waals surface area (Å²) in [5.41, 5.74) is 1.85. The van der Waals surface area contributed by atoms with E-state index < -0.39 is 0 Å². The van der Waals surface area contributed by atoms with Crippen LogP contribution in [-0.2, 0) is 0 Å². The van der Waals surface area contributed by atoms with Gasteiger partial charge in [0.25, 0.3) is 5.91 Å². The fraction of sp³-hybridized carbons (Fsp3) is 0. The number of carbonyl (C=O) groups is 1. The van der Waals surface area contributed by atoms with Crippen molar-refractivity contribution >= 4 is 33.1 Å². The molecule has 3 aromatic rings. The largest absolute Gasteiger partial charge is 0.350 e. The van der Waals surface area contributed by atoms with E-state index in [1.165, 1.54) is 12.1 Å². The molecule has 3 nitrogen and oxygen atoms in total. The summed E-state index contributed by atoms with van der Waals surface area (Å²) in [5.74, 6) is -0.649. The molecule has 0 aliphatic heterocycles. The normalized spacial score (nSPS) is 10.7. The number of benzene rings is 1. The highest BCUT2D eigenvalue weighted by Gasteiger charge is 2.10. The van der Waals surface area contributed by atoms with Crippen LogP contribution in [0.15, 0.2) is 41.8 Å². The highest BCUT2D eigenvalue weighted by molar-refractivity contribution is 7.17. The van der Waals surface area contributed by atoms with E-state index in [0.717, 1.165) is 10.2 Å². The molecule has 0 saturated carbocycles. The van der Waals surface area contributed by atoms with E-state index in [1.54, 1.807) is 29.5 Å². The van der Waals surface area contributed by atoms with Crippen molar-refractivity contribution in [3.05, 3.63) is 53.3 Å². The molecule has 2 aromatic heterocycles. The Morgan fingerprint density at radius 2 is 2.17 bits per heavy atom. The summed E-state index contributed by atoms with van der Waals surface area (Å²) >= 11 is 1.56. The van der Waals surface area contributed by atoms with Gasteiger partial charge >= 0.3 is 0 Å². The monoisotopic (exact) mass is 260 g/mol. The van der Waals surface area contributed by atoms with Gasteiger partial charge in [0.15, 0.2) is 0 Å². The zero-order chi connectivity index (χ0) is 12.5. The lowest BCUT2D eigenvalue weighted by molar-refractivity contribution is 0.102. The summed E-state index contributed by atoms with van der Waals surface area (Å²) < 4.78 is 14.0. The number of H-pyrrole nitrogens is 1. The minimum Gasteiger partial charge on any atom is -0.350 e. The van der Waals surface area contributed by atoms with Gasteiger partial charge in [-0.3, -0.25) is 4.79 Å². The lowest BCUT2D eigenvalue weighted by Gasteiger charge is -2.03. The minimum atomic E-state index is -0.375. The number of anilines is 1. The van der Waals surface area contributed by atoms with E-state index in [4.69, 9.17) is 0 Å². The zero-order valence-electron chi connectivity index (χ0n) is 9.24. The van der Waals surface area contributed by atoms with E-state index in [0.29, 0.717) is 11.4 Å². The van der Waals surface area contributed by atoms with Gasteiger partial charge in [0.05, 0.1) is 10.2 Å². The Hall–Kier alpha value is -2.14. The number of aromatic nitrogens is 1. The number of fused-ring (bicyclic) bond motifs is 1. The Kier molecular flexibility index (Phi) is 2.60. The molecule has 5 heteroatoms. The van der Waals surface area contributed by atoms with Gasteiger partial charge in [-0.1, -0.05) is 6.07 Å². The van der Waals surface area contributed by atoms with Crippen LogP contribution in [0.4, 0.5) is 10.1 Å². The Morgan fingerprint density at radius 3 is 2.94 bits per heavy atom. The minimum absolute atomic E-state index is 0.274. The number of amides is 1. The summed E-state index contributed by atoms with van der Waals surface area (Å²) in [7, 11) is 0. The van der Waals surface area contributed by atoms with E-state index in [9.17, 15) is 9.18 Å². The van der Waals surface area contributed by atoms with Gasteiger partial charge in [0, 0.05) is 5.69 Å². The Bertz CT molecular complexity index is 688. The second-order valence-corrected chi connectivity index (χ2v) is 4.79. The summed E-state index contributed by atoms with van der Waals surface area (Å²) in [6, 6.07) is 9.52. The number of hydrogen-bond acceptors (Lipinski definition) is 2. The third-order valence-electron chi connectivity index (χ3n) is 2.57. The summed E-state index contributed by atoms with van der Waals surface area (Å²) in [4.78, 5) is 14.9. The van der Waals surface area contributed by atoms with E-state index in [1.807, 2.05) is 11.4 Å². The van der Waals surface area contributed by atoms with Crippen molar-refractivity contribution in [2.24, 2.45) is 0 Å². The fourth-order valence-electron chi connectivity index (χ4n) is 1.74. The van der Waals surface area contributed by atoms with Gasteiger partial charge in [-0.15, -0.1) is 11.3 Å². The van der Waals surface area contributed by atoms with Crippen LogP contribution in [0.5, 0.6) is 0 Å². The second-order valence-electron chi connectivity index (χ2n) is 3.85. The third kappa shape index (κ3) is 2.00. The zero-order valence-corrected chi connectivity index (χ0v) is 10.1. The third-order valence-corrected chi connectivity index (χ3v) is 3.43. The number of thiophene rings is 1. The fourth-order valence-corrected chi connectivity index (χ4v) is 2.52. The Balaban J connectivity index is 1.85. The standard InChI is InChI=1S/C13H9FN2OS/c14-8-2-1-3-9(6-8)15-13(17)11-7-12-10(16-11)4-5-18-12/h1-7,16H,(H,15,17). The molecule has 18 heavy (non-hydrogen) atoms. The van der Waals surface area contributed by atoms with Crippen molar-refractivity contribution in [2.75, 3.05) is 5.32 Å².